The minimum Gasteiger partial charge on any atom is -0.484 e. The maximum Gasteiger partial charge on any atom is 0.264 e. The van der Waals surface area contributed by atoms with Gasteiger partial charge in [0, 0.05) is 34.5 Å². The minimum absolute atomic E-state index is 0.174. The molecule has 0 aliphatic carbocycles. The van der Waals surface area contributed by atoms with Gasteiger partial charge in [-0.25, -0.2) is 0 Å². The molecule has 6 nitrogen and oxygen atoms in total. The molecule has 0 radical (unpaired) electrons. The molecule has 218 valence electrons. The zero-order valence-corrected chi connectivity index (χ0v) is 25.7. The van der Waals surface area contributed by atoms with Gasteiger partial charge in [0.2, 0.25) is 0 Å². The first-order valence-corrected chi connectivity index (χ1v) is 14.4. The Morgan fingerprint density at radius 1 is 0.571 bits per heavy atom. The number of carbonyl (C=O) groups is 2. The molecule has 0 N–H and O–H groups in total. The Kier molecular flexibility index (Phi) is 10.5. The van der Waals surface area contributed by atoms with Crippen molar-refractivity contribution in [2.24, 2.45) is 0 Å². The van der Waals surface area contributed by atoms with Crippen LogP contribution in [0.2, 0.25) is 10.0 Å². The Morgan fingerprint density at radius 2 is 0.881 bits per heavy atom. The summed E-state index contributed by atoms with van der Waals surface area (Å²) in [6.07, 6.45) is 0. The first-order valence-electron chi connectivity index (χ1n) is 13.6. The summed E-state index contributed by atoms with van der Waals surface area (Å²) >= 11 is 12.6. The molecule has 42 heavy (non-hydrogen) atoms. The number of benzene rings is 4. The number of nitrogens with zero attached hydrogens (tertiary/aromatic N) is 2. The summed E-state index contributed by atoms with van der Waals surface area (Å²) in [7, 11) is 0. The molecule has 4 rings (SSSR count). The number of aryl methyl sites for hydroxylation is 4. The van der Waals surface area contributed by atoms with Gasteiger partial charge < -0.3 is 19.3 Å². The van der Waals surface area contributed by atoms with E-state index in [9.17, 15) is 9.59 Å². The average molecular weight is 606 g/mol. The molecule has 0 fully saturated rings. The second kappa shape index (κ2) is 14.3. The maximum absolute atomic E-state index is 13.5. The van der Waals surface area contributed by atoms with Crippen molar-refractivity contribution in [1.82, 2.24) is 0 Å². The van der Waals surface area contributed by atoms with Crippen LogP contribution >= 0.6 is 23.2 Å². The number of hydrogen-bond donors (Lipinski definition) is 0. The van der Waals surface area contributed by atoms with E-state index in [4.69, 9.17) is 32.7 Å². The summed E-state index contributed by atoms with van der Waals surface area (Å²) in [6.45, 7) is 7.72. The van der Waals surface area contributed by atoms with E-state index in [1.165, 1.54) is 0 Å². The fourth-order valence-electron chi connectivity index (χ4n) is 4.64. The van der Waals surface area contributed by atoms with Gasteiger partial charge >= 0.3 is 0 Å². The lowest BCUT2D eigenvalue weighted by molar-refractivity contribution is -0.122. The molecule has 0 spiro atoms. The van der Waals surface area contributed by atoms with Gasteiger partial charge in [-0.15, -0.1) is 0 Å². The second-order valence-electron chi connectivity index (χ2n) is 10.1. The van der Waals surface area contributed by atoms with Gasteiger partial charge in [-0.2, -0.15) is 0 Å². The number of anilines is 2. The van der Waals surface area contributed by atoms with E-state index in [1.54, 1.807) is 9.80 Å². The van der Waals surface area contributed by atoms with E-state index in [1.807, 2.05) is 113 Å². The number of amides is 2. The molecule has 0 aliphatic heterocycles. The monoisotopic (exact) mass is 604 g/mol. The number of halogens is 2. The van der Waals surface area contributed by atoms with Crippen molar-refractivity contribution in [2.75, 3.05) is 36.1 Å². The molecule has 4 aromatic carbocycles. The molecule has 0 aliphatic rings. The third-order valence-corrected chi connectivity index (χ3v) is 8.02. The Labute approximate surface area is 257 Å². The summed E-state index contributed by atoms with van der Waals surface area (Å²) in [5.74, 6) is 0.661. The summed E-state index contributed by atoms with van der Waals surface area (Å²) in [6, 6.07) is 25.9. The first-order chi connectivity index (χ1) is 20.1. The van der Waals surface area contributed by atoms with Gasteiger partial charge in [-0.05, 0) is 98.5 Å². The first kappa shape index (κ1) is 30.9. The number of carbonyl (C=O) groups excluding carboxylic acids is 2. The number of para-hydroxylation sites is 2. The van der Waals surface area contributed by atoms with E-state index < -0.39 is 0 Å². The highest BCUT2D eigenvalue weighted by molar-refractivity contribution is 6.32. The van der Waals surface area contributed by atoms with Crippen LogP contribution in [0.5, 0.6) is 11.5 Å². The van der Waals surface area contributed by atoms with E-state index in [-0.39, 0.29) is 38.1 Å². The smallest absolute Gasteiger partial charge is 0.264 e. The third-order valence-electron chi connectivity index (χ3n) is 6.83. The van der Waals surface area contributed by atoms with Crippen LogP contribution in [0.4, 0.5) is 11.4 Å². The Hall–Kier alpha value is -4.00. The maximum atomic E-state index is 13.5. The SMILES string of the molecule is Cc1cc(OCC(=O)N(CCN(C(=O)COc2cc(C)c(Cl)c(C)c2)c2ccccc2)c2ccccc2)cc(C)c1Cl. The van der Waals surface area contributed by atoms with Crippen molar-refractivity contribution >= 4 is 46.4 Å². The van der Waals surface area contributed by atoms with Crippen LogP contribution in [-0.2, 0) is 9.59 Å². The predicted molar refractivity (Wildman–Crippen MR) is 170 cm³/mol. The molecule has 0 saturated carbocycles. The number of rotatable bonds is 11. The molecule has 2 amide bonds. The van der Waals surface area contributed by atoms with E-state index in [2.05, 4.69) is 0 Å². The highest BCUT2D eigenvalue weighted by Crippen LogP contribution is 2.27. The van der Waals surface area contributed by atoms with Crippen LogP contribution in [0.15, 0.2) is 84.9 Å². The van der Waals surface area contributed by atoms with Crippen molar-refractivity contribution in [2.45, 2.75) is 27.7 Å². The van der Waals surface area contributed by atoms with Crippen molar-refractivity contribution in [3.63, 3.8) is 0 Å². The van der Waals surface area contributed by atoms with Gasteiger partial charge in [0.1, 0.15) is 11.5 Å². The Morgan fingerprint density at radius 3 is 1.19 bits per heavy atom. The molecule has 0 aromatic heterocycles. The van der Waals surface area contributed by atoms with Crippen LogP contribution < -0.4 is 19.3 Å². The summed E-state index contributed by atoms with van der Waals surface area (Å²) in [5.41, 5.74) is 4.92. The van der Waals surface area contributed by atoms with Gasteiger partial charge in [0.05, 0.1) is 0 Å². The topological polar surface area (TPSA) is 59.1 Å². The van der Waals surface area contributed by atoms with Crippen LogP contribution in [0.3, 0.4) is 0 Å². The van der Waals surface area contributed by atoms with E-state index in [0.29, 0.717) is 32.9 Å². The zero-order chi connectivity index (χ0) is 30.2. The second-order valence-corrected chi connectivity index (χ2v) is 10.8. The van der Waals surface area contributed by atoms with Gasteiger partial charge in [0.25, 0.3) is 11.8 Å². The van der Waals surface area contributed by atoms with Gasteiger partial charge in [-0.1, -0.05) is 59.6 Å². The molecule has 0 saturated heterocycles. The third kappa shape index (κ3) is 7.84. The molecule has 0 heterocycles. The molecule has 0 bridgehead atoms. The molecular weight excluding hydrogens is 571 g/mol. The summed E-state index contributed by atoms with van der Waals surface area (Å²) < 4.78 is 11.8. The largest absolute Gasteiger partial charge is 0.484 e. The summed E-state index contributed by atoms with van der Waals surface area (Å²) in [5, 5.41) is 1.35. The number of ether oxygens (including phenoxy) is 2. The molecule has 0 atom stereocenters. The van der Waals surface area contributed by atoms with Crippen molar-refractivity contribution in [1.29, 1.82) is 0 Å². The highest BCUT2D eigenvalue weighted by Gasteiger charge is 2.22. The Balaban J connectivity index is 1.51. The fraction of sp³-hybridized carbons (Fsp3) is 0.235. The standard InChI is InChI=1S/C34H34Cl2N2O4/c1-23-17-29(18-24(2)33(23)35)41-21-31(39)37(27-11-7-5-8-12-27)15-16-38(28-13-9-6-10-14-28)32(40)22-42-30-19-25(3)34(36)26(4)20-30/h5-14,17-20H,15-16,21-22H2,1-4H3. The van der Waals surface area contributed by atoms with Crippen molar-refractivity contribution < 1.29 is 19.1 Å². The lowest BCUT2D eigenvalue weighted by Gasteiger charge is -2.28. The van der Waals surface area contributed by atoms with Crippen LogP contribution in [0.25, 0.3) is 0 Å². The Bertz CT molecular complexity index is 1380. The molecule has 4 aromatic rings. The molecule has 8 heteroatoms. The normalized spacial score (nSPS) is 10.7. The molecule has 0 unspecified atom stereocenters. The zero-order valence-electron chi connectivity index (χ0n) is 24.2. The van der Waals surface area contributed by atoms with Crippen LogP contribution in [0.1, 0.15) is 22.3 Å². The fourth-order valence-corrected chi connectivity index (χ4v) is 4.85. The van der Waals surface area contributed by atoms with Crippen LogP contribution in [-0.4, -0.2) is 38.1 Å². The quantitative estimate of drug-likeness (QED) is 0.175. The predicted octanol–water partition coefficient (Wildman–Crippen LogP) is 7.75. The minimum atomic E-state index is -0.240. The number of hydrogen-bond acceptors (Lipinski definition) is 4. The lowest BCUT2D eigenvalue weighted by atomic mass is 10.1. The van der Waals surface area contributed by atoms with Gasteiger partial charge in [-0.3, -0.25) is 9.59 Å². The molecular formula is C34H34Cl2N2O4. The van der Waals surface area contributed by atoms with E-state index >= 15 is 0 Å². The highest BCUT2D eigenvalue weighted by atomic mass is 35.5. The van der Waals surface area contributed by atoms with E-state index in [0.717, 1.165) is 22.3 Å². The average Bonchev–Trinajstić information content (AvgIpc) is 2.99. The lowest BCUT2D eigenvalue weighted by Crippen LogP contribution is -2.44. The van der Waals surface area contributed by atoms with Crippen LogP contribution in [0, 0.1) is 27.7 Å². The van der Waals surface area contributed by atoms with Crippen molar-refractivity contribution in [3.05, 3.63) is 117 Å². The van der Waals surface area contributed by atoms with Crippen molar-refractivity contribution in [3.8, 4) is 11.5 Å². The summed E-state index contributed by atoms with van der Waals surface area (Å²) in [4.78, 5) is 30.3. The van der Waals surface area contributed by atoms with Gasteiger partial charge in [0.15, 0.2) is 13.2 Å².